The van der Waals surface area contributed by atoms with Gasteiger partial charge in [-0.05, 0) is 53.6 Å². The molecule has 0 saturated carbocycles. The van der Waals surface area contributed by atoms with E-state index in [1.807, 2.05) is 0 Å². The number of nitrogens with two attached hydrogens (primary N) is 2. The third kappa shape index (κ3) is 7.37. The van der Waals surface area contributed by atoms with Gasteiger partial charge in [-0.25, -0.2) is 9.79 Å². The predicted molar refractivity (Wildman–Crippen MR) is 133 cm³/mol. The van der Waals surface area contributed by atoms with Crippen molar-refractivity contribution in [1.82, 2.24) is 0 Å². The number of ether oxygens (including phenoxy) is 1. The van der Waals surface area contributed by atoms with Gasteiger partial charge < -0.3 is 26.7 Å². The summed E-state index contributed by atoms with van der Waals surface area (Å²) < 4.78 is 5.36. The molecule has 0 unspecified atom stereocenters. The first-order valence-electron chi connectivity index (χ1n) is 10.4. The zero-order valence-corrected chi connectivity index (χ0v) is 19.5. The minimum Gasteiger partial charge on any atom is -0.481 e. The lowest BCUT2D eigenvalue weighted by atomic mass is 10.1. The Kier molecular flexibility index (Phi) is 8.68. The third-order valence-electron chi connectivity index (χ3n) is 4.73. The average Bonchev–Trinajstić information content (AvgIpc) is 2.82. The van der Waals surface area contributed by atoms with Gasteiger partial charge in [-0.15, -0.1) is 0 Å². The Balaban J connectivity index is 1.63. The Bertz CT molecular complexity index is 1340. The van der Waals surface area contributed by atoms with Crippen LogP contribution in [-0.2, 0) is 22.4 Å². The standard InChI is InChI=1S/C24H21ClN6O5/c25-19-13-18(36-23(35)14-5-8-17(9-6-14)28-24(26)30-31-27)10-7-15(19)11-21(32)29-20-4-2-1-3-16(20)12-22(33)34/h1-10,13H,11-12H2,(H,29,32)(H,33,34)(H4,26,27,28,30). The summed E-state index contributed by atoms with van der Waals surface area (Å²) in [5, 5.41) is 18.4. The summed E-state index contributed by atoms with van der Waals surface area (Å²) in [7, 11) is 0. The minimum absolute atomic E-state index is 0.0662. The van der Waals surface area contributed by atoms with Crippen LogP contribution in [0.5, 0.6) is 5.75 Å². The van der Waals surface area contributed by atoms with Gasteiger partial charge in [-0.3, -0.25) is 9.59 Å². The highest BCUT2D eigenvalue weighted by Gasteiger charge is 2.14. The van der Waals surface area contributed by atoms with Gasteiger partial charge in [0.1, 0.15) is 5.75 Å². The van der Waals surface area contributed by atoms with Crippen molar-refractivity contribution in [3.05, 3.63) is 88.4 Å². The summed E-state index contributed by atoms with van der Waals surface area (Å²) in [5.74, 6) is 2.94. The van der Waals surface area contributed by atoms with E-state index in [0.717, 1.165) is 0 Å². The smallest absolute Gasteiger partial charge is 0.343 e. The molecule has 0 bridgehead atoms. The highest BCUT2D eigenvalue weighted by molar-refractivity contribution is 6.31. The monoisotopic (exact) mass is 508 g/mol. The van der Waals surface area contributed by atoms with Crippen LogP contribution in [0, 0.1) is 0 Å². The number of nitrogens with zero attached hydrogens (tertiary/aromatic N) is 3. The predicted octanol–water partition coefficient (Wildman–Crippen LogP) is 3.64. The molecule has 3 rings (SSSR count). The summed E-state index contributed by atoms with van der Waals surface area (Å²) in [5.41, 5.74) is 7.58. The number of benzene rings is 3. The fourth-order valence-electron chi connectivity index (χ4n) is 3.11. The largest absolute Gasteiger partial charge is 0.481 e. The van der Waals surface area contributed by atoms with Crippen molar-refractivity contribution in [3.8, 4) is 5.75 Å². The van der Waals surface area contributed by atoms with E-state index in [1.54, 1.807) is 42.5 Å². The number of rotatable bonds is 8. The quantitative estimate of drug-likeness (QED) is 0.0680. The molecule has 1 amide bonds. The number of anilines is 1. The third-order valence-corrected chi connectivity index (χ3v) is 5.08. The summed E-state index contributed by atoms with van der Waals surface area (Å²) in [6.45, 7) is 0. The normalized spacial score (nSPS) is 11.3. The fourth-order valence-corrected chi connectivity index (χ4v) is 3.35. The van der Waals surface area contributed by atoms with Crippen LogP contribution in [0.2, 0.25) is 5.02 Å². The summed E-state index contributed by atoms with van der Waals surface area (Å²) in [6, 6.07) is 17.2. The number of carbonyl (C=O) groups excluding carboxylic acids is 2. The van der Waals surface area contributed by atoms with Crippen molar-refractivity contribution in [3.63, 3.8) is 0 Å². The maximum Gasteiger partial charge on any atom is 0.343 e. The van der Waals surface area contributed by atoms with Crippen molar-refractivity contribution in [2.45, 2.75) is 12.8 Å². The van der Waals surface area contributed by atoms with Crippen LogP contribution in [-0.4, -0.2) is 28.9 Å². The van der Waals surface area contributed by atoms with Crippen LogP contribution < -0.4 is 21.6 Å². The van der Waals surface area contributed by atoms with E-state index in [-0.39, 0.29) is 41.0 Å². The number of hydrogen-bond donors (Lipinski definition) is 4. The van der Waals surface area contributed by atoms with E-state index in [9.17, 15) is 14.4 Å². The van der Waals surface area contributed by atoms with Crippen molar-refractivity contribution in [2.24, 2.45) is 26.9 Å². The molecule has 0 aliphatic carbocycles. The van der Waals surface area contributed by atoms with Crippen LogP contribution in [0.4, 0.5) is 11.4 Å². The van der Waals surface area contributed by atoms with Gasteiger partial charge in [0, 0.05) is 10.7 Å². The van der Waals surface area contributed by atoms with E-state index in [2.05, 4.69) is 20.6 Å². The topological polar surface area (TPSA) is 182 Å². The number of carbonyl (C=O) groups is 3. The number of aliphatic imine (C=N–C) groups is 1. The van der Waals surface area contributed by atoms with E-state index in [4.69, 9.17) is 33.0 Å². The van der Waals surface area contributed by atoms with Crippen LogP contribution >= 0.6 is 11.6 Å². The van der Waals surface area contributed by atoms with Crippen molar-refractivity contribution >= 4 is 46.8 Å². The molecule has 0 spiro atoms. The number of para-hydroxylation sites is 1. The SMILES string of the molecule is NN=NC(N)=Nc1ccc(C(=O)Oc2ccc(CC(=O)Nc3ccccc3CC(=O)O)c(Cl)c2)cc1. The summed E-state index contributed by atoms with van der Waals surface area (Å²) in [4.78, 5) is 39.9. The molecular weight excluding hydrogens is 488 g/mol. The number of esters is 1. The second-order valence-electron chi connectivity index (χ2n) is 7.33. The molecule has 0 radical (unpaired) electrons. The Morgan fingerprint density at radius 2 is 1.69 bits per heavy atom. The lowest BCUT2D eigenvalue weighted by molar-refractivity contribution is -0.136. The summed E-state index contributed by atoms with van der Waals surface area (Å²) >= 11 is 6.30. The first-order chi connectivity index (χ1) is 17.2. The van der Waals surface area contributed by atoms with Gasteiger partial charge >= 0.3 is 11.9 Å². The molecule has 0 aliphatic heterocycles. The fraction of sp³-hybridized carbons (Fsp3) is 0.0833. The lowest BCUT2D eigenvalue weighted by Crippen LogP contribution is -2.16. The van der Waals surface area contributed by atoms with Crippen LogP contribution in [0.15, 0.2) is 82.1 Å². The molecular formula is C24H21ClN6O5. The first-order valence-corrected chi connectivity index (χ1v) is 10.8. The molecule has 3 aromatic rings. The van der Waals surface area contributed by atoms with Crippen molar-refractivity contribution in [1.29, 1.82) is 0 Å². The van der Waals surface area contributed by atoms with E-state index < -0.39 is 11.9 Å². The minimum atomic E-state index is -1.01. The number of carboxylic acid groups (broad SMARTS) is 1. The molecule has 0 atom stereocenters. The number of amides is 1. The maximum absolute atomic E-state index is 12.5. The molecule has 6 N–H and O–H groups in total. The van der Waals surface area contributed by atoms with Gasteiger partial charge in [0.15, 0.2) is 0 Å². The molecule has 0 saturated heterocycles. The highest BCUT2D eigenvalue weighted by atomic mass is 35.5. The number of hydrogen-bond acceptors (Lipinski definition) is 6. The lowest BCUT2D eigenvalue weighted by Gasteiger charge is -2.11. The van der Waals surface area contributed by atoms with Crippen LogP contribution in [0.3, 0.4) is 0 Å². The van der Waals surface area contributed by atoms with E-state index >= 15 is 0 Å². The molecule has 11 nitrogen and oxygen atoms in total. The Labute approximate surface area is 210 Å². The Hall–Kier alpha value is -4.77. The Morgan fingerprint density at radius 1 is 0.972 bits per heavy atom. The first kappa shape index (κ1) is 25.8. The highest BCUT2D eigenvalue weighted by Crippen LogP contribution is 2.25. The molecule has 0 fully saturated rings. The number of carboxylic acids is 1. The zero-order valence-electron chi connectivity index (χ0n) is 18.7. The van der Waals surface area contributed by atoms with Crippen LogP contribution in [0.25, 0.3) is 0 Å². The molecule has 36 heavy (non-hydrogen) atoms. The van der Waals surface area contributed by atoms with Gasteiger partial charge in [-0.2, -0.15) is 0 Å². The molecule has 12 heteroatoms. The van der Waals surface area contributed by atoms with Gasteiger partial charge in [-0.1, -0.05) is 46.2 Å². The second kappa shape index (κ2) is 12.1. The molecule has 0 aliphatic rings. The maximum atomic E-state index is 12.5. The average molecular weight is 509 g/mol. The number of aliphatic carboxylic acids is 1. The second-order valence-corrected chi connectivity index (χ2v) is 7.73. The van der Waals surface area contributed by atoms with Gasteiger partial charge in [0.05, 0.1) is 24.1 Å². The van der Waals surface area contributed by atoms with Gasteiger partial charge in [0.25, 0.3) is 0 Å². The molecule has 184 valence electrons. The van der Waals surface area contributed by atoms with Gasteiger partial charge in [0.2, 0.25) is 11.9 Å². The van der Waals surface area contributed by atoms with Crippen LogP contribution in [0.1, 0.15) is 21.5 Å². The number of nitrogens with one attached hydrogen (secondary N) is 1. The number of guanidine groups is 1. The molecule has 3 aromatic carbocycles. The Morgan fingerprint density at radius 3 is 2.36 bits per heavy atom. The molecule has 0 aromatic heterocycles. The van der Waals surface area contributed by atoms with E-state index in [0.29, 0.717) is 22.5 Å². The van der Waals surface area contributed by atoms with Crippen molar-refractivity contribution in [2.75, 3.05) is 5.32 Å². The van der Waals surface area contributed by atoms with E-state index in [1.165, 1.54) is 24.3 Å². The summed E-state index contributed by atoms with van der Waals surface area (Å²) in [6.07, 6.45) is -0.287. The molecule has 0 heterocycles. The zero-order chi connectivity index (χ0) is 26.1. The number of halogens is 1. The van der Waals surface area contributed by atoms with Crippen molar-refractivity contribution < 1.29 is 24.2 Å².